The molecule has 268 valence electrons. The smallest absolute Gasteiger partial charge is 0.259 e. The molecule has 1 aromatic heterocycles. The van der Waals surface area contributed by atoms with E-state index in [9.17, 15) is 24.0 Å². The molecular formula is C37H48N6O7. The molecule has 2 aliphatic rings. The van der Waals surface area contributed by atoms with Gasteiger partial charge in [-0.3, -0.25) is 24.0 Å². The molecule has 13 nitrogen and oxygen atoms in total. The number of amides is 5. The highest BCUT2D eigenvalue weighted by atomic mass is 16.5. The third-order valence-electron chi connectivity index (χ3n) is 9.04. The van der Waals surface area contributed by atoms with Gasteiger partial charge < -0.3 is 35.4 Å². The van der Waals surface area contributed by atoms with Gasteiger partial charge in [0.05, 0.1) is 12.8 Å². The second kappa shape index (κ2) is 17.5. The van der Waals surface area contributed by atoms with Gasteiger partial charge >= 0.3 is 0 Å². The summed E-state index contributed by atoms with van der Waals surface area (Å²) >= 11 is 0. The van der Waals surface area contributed by atoms with Crippen molar-refractivity contribution >= 4 is 29.5 Å². The summed E-state index contributed by atoms with van der Waals surface area (Å²) in [6, 6.07) is 11.1. The molecule has 2 aromatic carbocycles. The zero-order valence-corrected chi connectivity index (χ0v) is 29.6. The first-order chi connectivity index (χ1) is 23.9. The van der Waals surface area contributed by atoms with Gasteiger partial charge in [0.15, 0.2) is 0 Å². The number of nitrogens with zero attached hydrogens (tertiary/aromatic N) is 2. The summed E-state index contributed by atoms with van der Waals surface area (Å²) in [5.41, 5.74) is 2.81. The van der Waals surface area contributed by atoms with Gasteiger partial charge in [-0.2, -0.15) is 0 Å². The Morgan fingerprint density at radius 2 is 1.66 bits per heavy atom. The molecule has 13 heteroatoms. The molecule has 3 heterocycles. The van der Waals surface area contributed by atoms with Crippen LogP contribution in [0.15, 0.2) is 53.1 Å². The van der Waals surface area contributed by atoms with Crippen molar-refractivity contribution in [2.45, 2.75) is 85.0 Å². The number of methoxy groups -OCH3 is 1. The van der Waals surface area contributed by atoms with Gasteiger partial charge in [0.25, 0.3) is 11.8 Å². The molecule has 5 rings (SSSR count). The highest BCUT2D eigenvalue weighted by Crippen LogP contribution is 2.19. The summed E-state index contributed by atoms with van der Waals surface area (Å²) in [5.74, 6) is -1.31. The largest absolute Gasteiger partial charge is 0.497 e. The minimum atomic E-state index is -1.04. The average Bonchev–Trinajstić information content (AvgIpc) is 3.45. The van der Waals surface area contributed by atoms with Crippen molar-refractivity contribution in [1.82, 2.24) is 31.3 Å². The van der Waals surface area contributed by atoms with Gasteiger partial charge in [-0.1, -0.05) is 49.7 Å². The van der Waals surface area contributed by atoms with Crippen LogP contribution in [-0.4, -0.2) is 77.9 Å². The van der Waals surface area contributed by atoms with Crippen LogP contribution in [0.5, 0.6) is 5.75 Å². The van der Waals surface area contributed by atoms with Crippen LogP contribution in [0.2, 0.25) is 0 Å². The predicted octanol–water partition coefficient (Wildman–Crippen LogP) is 3.23. The fourth-order valence-corrected chi connectivity index (χ4v) is 5.75. The lowest BCUT2D eigenvalue weighted by atomic mass is 9.96. The van der Waals surface area contributed by atoms with Crippen molar-refractivity contribution in [3.05, 3.63) is 82.2 Å². The number of fused-ring (bicyclic) bond motifs is 18. The molecule has 0 radical (unpaired) electrons. The fraction of sp³-hybridized carbons (Fsp3) is 0.459. The van der Waals surface area contributed by atoms with Gasteiger partial charge in [-0.05, 0) is 74.9 Å². The first-order valence-electron chi connectivity index (χ1n) is 17.0. The Labute approximate surface area is 292 Å². The number of hydrogen-bond acceptors (Lipinski definition) is 8. The standard InChI is InChI=1S/C37H48N6O7/c1-7-22(2)32-36(47)40-30(20-26-12-16-29(49-6)17-13-26)35(46)39-24(4)33(44)38-18-8-9-19-43(37(48)31-23(3)42-50-25(31)5)21-27-10-14-28(15-11-27)34(45)41-32/h10-17,22,24,30,32H,7-9,18-21H2,1-6H3,(H,38,44)(H,39,46)(H,40,47)(H,41,45)/t22-,24+,30-,32?/m0/s1. The van der Waals surface area contributed by atoms with E-state index in [0.29, 0.717) is 60.7 Å². The van der Waals surface area contributed by atoms with E-state index in [2.05, 4.69) is 26.4 Å². The van der Waals surface area contributed by atoms with Crippen LogP contribution in [-0.2, 0) is 27.3 Å². The molecule has 4 atom stereocenters. The number of aryl methyl sites for hydroxylation is 2. The van der Waals surface area contributed by atoms with Crippen LogP contribution in [0, 0.1) is 19.8 Å². The summed E-state index contributed by atoms with van der Waals surface area (Å²) in [5, 5.41) is 15.3. The van der Waals surface area contributed by atoms with Crippen LogP contribution in [0.4, 0.5) is 0 Å². The molecule has 4 N–H and O–H groups in total. The molecule has 2 bridgehead atoms. The highest BCUT2D eigenvalue weighted by Gasteiger charge is 2.32. The minimum absolute atomic E-state index is 0.141. The summed E-state index contributed by atoms with van der Waals surface area (Å²) in [4.78, 5) is 69.3. The van der Waals surface area contributed by atoms with E-state index in [1.807, 2.05) is 13.8 Å². The SMILES string of the molecule is CC[C@H](C)C1NC(=O)c2ccc(cc2)CN(C(=O)c2c(C)noc2C)CCCCNC(=O)[C@@H](C)NC(=O)[C@H](Cc2ccc(OC)cc2)NC1=O. The summed E-state index contributed by atoms with van der Waals surface area (Å²) < 4.78 is 10.5. The summed E-state index contributed by atoms with van der Waals surface area (Å²) in [6.45, 7) is 9.75. The zero-order chi connectivity index (χ0) is 36.4. The van der Waals surface area contributed by atoms with Crippen molar-refractivity contribution in [2.75, 3.05) is 20.2 Å². The van der Waals surface area contributed by atoms with Gasteiger partial charge in [-0.15, -0.1) is 0 Å². The number of nitrogens with one attached hydrogen (secondary N) is 4. The van der Waals surface area contributed by atoms with E-state index < -0.39 is 35.8 Å². The van der Waals surface area contributed by atoms with Crippen LogP contribution >= 0.6 is 0 Å². The van der Waals surface area contributed by atoms with E-state index in [1.54, 1.807) is 81.3 Å². The maximum atomic E-state index is 13.8. The fourth-order valence-electron chi connectivity index (χ4n) is 5.75. The van der Waals surface area contributed by atoms with Crippen molar-refractivity contribution in [3.63, 3.8) is 0 Å². The normalized spacial score (nSPS) is 20.5. The average molecular weight is 689 g/mol. The highest BCUT2D eigenvalue weighted by molar-refractivity contribution is 5.99. The molecular weight excluding hydrogens is 640 g/mol. The topological polar surface area (TPSA) is 172 Å². The molecule has 0 fully saturated rings. The van der Waals surface area contributed by atoms with E-state index in [-0.39, 0.29) is 30.7 Å². The lowest BCUT2D eigenvalue weighted by molar-refractivity contribution is -0.132. The van der Waals surface area contributed by atoms with Crippen LogP contribution in [0.1, 0.15) is 83.3 Å². The minimum Gasteiger partial charge on any atom is -0.497 e. The Kier molecular flexibility index (Phi) is 13.1. The van der Waals surface area contributed by atoms with Crippen molar-refractivity contribution < 1.29 is 33.2 Å². The molecule has 2 aliphatic heterocycles. The number of ether oxygens (including phenoxy) is 1. The molecule has 3 aromatic rings. The van der Waals surface area contributed by atoms with E-state index in [1.165, 1.54) is 0 Å². The lowest BCUT2D eigenvalue weighted by Gasteiger charge is -2.27. The number of carbonyl (C=O) groups is 5. The Morgan fingerprint density at radius 3 is 2.28 bits per heavy atom. The van der Waals surface area contributed by atoms with Crippen LogP contribution in [0.3, 0.4) is 0 Å². The Bertz CT molecular complexity index is 1630. The number of carbonyl (C=O) groups excluding carboxylic acids is 5. The van der Waals surface area contributed by atoms with Gasteiger partial charge in [0.2, 0.25) is 17.7 Å². The Morgan fingerprint density at radius 1 is 0.960 bits per heavy atom. The van der Waals surface area contributed by atoms with E-state index >= 15 is 0 Å². The summed E-state index contributed by atoms with van der Waals surface area (Å²) in [7, 11) is 1.56. The lowest BCUT2D eigenvalue weighted by Crippen LogP contribution is -2.58. The Balaban J connectivity index is 1.62. The van der Waals surface area contributed by atoms with Gasteiger partial charge in [0, 0.05) is 31.6 Å². The van der Waals surface area contributed by atoms with Crippen molar-refractivity contribution in [3.8, 4) is 5.75 Å². The first-order valence-corrected chi connectivity index (χ1v) is 17.0. The molecule has 50 heavy (non-hydrogen) atoms. The first kappa shape index (κ1) is 37.6. The third-order valence-corrected chi connectivity index (χ3v) is 9.04. The number of rotatable bonds is 6. The monoisotopic (exact) mass is 688 g/mol. The van der Waals surface area contributed by atoms with Gasteiger partial charge in [0.1, 0.15) is 35.2 Å². The van der Waals surface area contributed by atoms with Crippen molar-refractivity contribution in [2.24, 2.45) is 5.92 Å². The Hall–Kier alpha value is -5.20. The van der Waals surface area contributed by atoms with E-state index in [4.69, 9.17) is 9.26 Å². The third kappa shape index (κ3) is 9.70. The van der Waals surface area contributed by atoms with E-state index in [0.717, 1.165) is 11.1 Å². The molecule has 0 saturated heterocycles. The molecule has 0 spiro atoms. The predicted molar refractivity (Wildman–Crippen MR) is 186 cm³/mol. The number of hydrogen-bond donors (Lipinski definition) is 4. The second-order valence-electron chi connectivity index (χ2n) is 12.8. The zero-order valence-electron chi connectivity index (χ0n) is 29.6. The van der Waals surface area contributed by atoms with Crippen molar-refractivity contribution in [1.29, 1.82) is 0 Å². The number of benzene rings is 2. The summed E-state index contributed by atoms with van der Waals surface area (Å²) in [6.07, 6.45) is 1.88. The molecule has 1 unspecified atom stereocenters. The molecule has 5 amide bonds. The maximum Gasteiger partial charge on any atom is 0.259 e. The molecule has 0 saturated carbocycles. The number of aromatic nitrogens is 1. The maximum absolute atomic E-state index is 13.8. The quantitative estimate of drug-likeness (QED) is 0.286. The van der Waals surface area contributed by atoms with Gasteiger partial charge in [-0.25, -0.2) is 0 Å². The van der Waals surface area contributed by atoms with Crippen LogP contribution in [0.25, 0.3) is 0 Å². The second-order valence-corrected chi connectivity index (χ2v) is 12.8. The molecule has 0 aliphatic carbocycles. The van der Waals surface area contributed by atoms with Crippen LogP contribution < -0.4 is 26.0 Å².